The number of nitrogens with one attached hydrogen (secondary N) is 1. The van der Waals surface area contributed by atoms with Crippen LogP contribution in [0.2, 0.25) is 0 Å². The lowest BCUT2D eigenvalue weighted by Crippen LogP contribution is -2.24. The van der Waals surface area contributed by atoms with Crippen LogP contribution in [0.25, 0.3) is 0 Å². The van der Waals surface area contributed by atoms with E-state index in [1.165, 1.54) is 0 Å². The summed E-state index contributed by atoms with van der Waals surface area (Å²) in [5, 5.41) is 19.2. The van der Waals surface area contributed by atoms with E-state index in [4.69, 9.17) is 10.2 Å². The Morgan fingerprint density at radius 2 is 1.85 bits per heavy atom. The summed E-state index contributed by atoms with van der Waals surface area (Å²) in [4.78, 5) is 21.0. The Morgan fingerprint density at radius 3 is 2.38 bits per heavy atom. The minimum absolute atomic E-state index is 0.0212. The predicted octanol–water partition coefficient (Wildman–Crippen LogP) is -0.260. The topological polar surface area (TPSA) is 86.6 Å². The number of carboxylic acids is 1. The molecule has 0 bridgehead atoms. The molecule has 0 atom stereocenters. The molecule has 0 fully saturated rings. The van der Waals surface area contributed by atoms with Gasteiger partial charge in [-0.2, -0.15) is 0 Å². The largest absolute Gasteiger partial charge is 0.481 e. The predicted molar refractivity (Wildman–Crippen MR) is 46.2 cm³/mol. The standard InChI is InChI=1S/C8H15NO4/c10-6-2-5-9-7(11)3-1-4-8(12)13/h10H,1-6H2,(H,9,11)(H,12,13). The first-order valence-electron chi connectivity index (χ1n) is 4.26. The Balaban J connectivity index is 3.25. The summed E-state index contributed by atoms with van der Waals surface area (Å²) in [6.45, 7) is 0.498. The van der Waals surface area contributed by atoms with Gasteiger partial charge in [-0.25, -0.2) is 0 Å². The van der Waals surface area contributed by atoms with E-state index in [1.807, 2.05) is 0 Å². The lowest BCUT2D eigenvalue weighted by molar-refractivity contribution is -0.137. The zero-order chi connectivity index (χ0) is 10.1. The van der Waals surface area contributed by atoms with Crippen molar-refractivity contribution < 1.29 is 19.8 Å². The van der Waals surface area contributed by atoms with Crippen molar-refractivity contribution in [2.75, 3.05) is 13.2 Å². The molecule has 0 aliphatic carbocycles. The molecule has 3 N–H and O–H groups in total. The minimum atomic E-state index is -0.886. The molecule has 5 nitrogen and oxygen atoms in total. The van der Waals surface area contributed by atoms with Crippen LogP contribution in [-0.2, 0) is 9.59 Å². The van der Waals surface area contributed by atoms with Gasteiger partial charge in [0.05, 0.1) is 0 Å². The number of aliphatic hydroxyl groups excluding tert-OH is 1. The fraction of sp³-hybridized carbons (Fsp3) is 0.750. The summed E-state index contributed by atoms with van der Waals surface area (Å²) in [5.74, 6) is -1.04. The molecular formula is C8H15NO4. The first kappa shape index (κ1) is 11.9. The van der Waals surface area contributed by atoms with Crippen LogP contribution in [-0.4, -0.2) is 35.2 Å². The number of carbonyl (C=O) groups excluding carboxylic acids is 1. The van der Waals surface area contributed by atoms with Gasteiger partial charge >= 0.3 is 5.97 Å². The molecule has 0 heterocycles. The first-order valence-corrected chi connectivity index (χ1v) is 4.26. The zero-order valence-corrected chi connectivity index (χ0v) is 7.45. The van der Waals surface area contributed by atoms with Crippen molar-refractivity contribution in [2.45, 2.75) is 25.7 Å². The fourth-order valence-electron chi connectivity index (χ4n) is 0.795. The highest BCUT2D eigenvalue weighted by atomic mass is 16.4. The quantitative estimate of drug-likeness (QED) is 0.481. The third kappa shape index (κ3) is 8.81. The number of carbonyl (C=O) groups is 2. The van der Waals surface area contributed by atoms with Gasteiger partial charge in [-0.3, -0.25) is 9.59 Å². The molecule has 0 aliphatic rings. The molecule has 0 saturated heterocycles. The van der Waals surface area contributed by atoms with Gasteiger partial charge in [-0.15, -0.1) is 0 Å². The first-order chi connectivity index (χ1) is 6.16. The van der Waals surface area contributed by atoms with Crippen LogP contribution in [0.1, 0.15) is 25.7 Å². The van der Waals surface area contributed by atoms with Crippen LogP contribution in [0.4, 0.5) is 0 Å². The Kier molecular flexibility index (Phi) is 6.91. The molecule has 76 valence electrons. The molecule has 0 aromatic heterocycles. The molecule has 0 unspecified atom stereocenters. The van der Waals surface area contributed by atoms with Gasteiger partial charge in [-0.05, 0) is 12.8 Å². The lowest BCUT2D eigenvalue weighted by atomic mass is 10.2. The second-order valence-corrected chi connectivity index (χ2v) is 2.67. The summed E-state index contributed by atoms with van der Waals surface area (Å²) in [5.41, 5.74) is 0. The van der Waals surface area contributed by atoms with E-state index < -0.39 is 5.97 Å². The average molecular weight is 189 g/mol. The van der Waals surface area contributed by atoms with Crippen molar-refractivity contribution in [2.24, 2.45) is 0 Å². The Bertz CT molecular complexity index is 170. The number of rotatable bonds is 7. The molecule has 0 radical (unpaired) electrons. The molecule has 0 aromatic carbocycles. The number of hydrogen-bond donors (Lipinski definition) is 3. The Hall–Kier alpha value is -1.10. The van der Waals surface area contributed by atoms with E-state index in [0.717, 1.165) is 0 Å². The summed E-state index contributed by atoms with van der Waals surface area (Å²) in [6.07, 6.45) is 1.15. The average Bonchev–Trinajstić information content (AvgIpc) is 2.04. The molecule has 13 heavy (non-hydrogen) atoms. The molecule has 0 aromatic rings. The third-order valence-electron chi connectivity index (χ3n) is 1.45. The van der Waals surface area contributed by atoms with Crippen molar-refractivity contribution in [3.8, 4) is 0 Å². The maximum atomic E-state index is 10.9. The van der Waals surface area contributed by atoms with Crippen LogP contribution in [0, 0.1) is 0 Å². The van der Waals surface area contributed by atoms with Crippen molar-refractivity contribution >= 4 is 11.9 Å². The van der Waals surface area contributed by atoms with Gasteiger partial charge in [-0.1, -0.05) is 0 Å². The Morgan fingerprint density at radius 1 is 1.15 bits per heavy atom. The van der Waals surface area contributed by atoms with Gasteiger partial charge in [0.1, 0.15) is 0 Å². The van der Waals surface area contributed by atoms with Crippen molar-refractivity contribution in [3.63, 3.8) is 0 Å². The number of amides is 1. The van der Waals surface area contributed by atoms with Crippen molar-refractivity contribution in [1.82, 2.24) is 5.32 Å². The van der Waals surface area contributed by atoms with Gasteiger partial charge in [0.25, 0.3) is 0 Å². The number of hydrogen-bond acceptors (Lipinski definition) is 3. The van der Waals surface area contributed by atoms with Gasteiger partial charge in [0, 0.05) is 26.0 Å². The van der Waals surface area contributed by atoms with Crippen molar-refractivity contribution in [3.05, 3.63) is 0 Å². The highest BCUT2D eigenvalue weighted by molar-refractivity contribution is 5.76. The second kappa shape index (κ2) is 7.54. The number of aliphatic carboxylic acids is 1. The molecule has 5 heteroatoms. The molecule has 0 rings (SSSR count). The van der Waals surface area contributed by atoms with Crippen LogP contribution in [0.15, 0.2) is 0 Å². The number of aliphatic hydroxyl groups is 1. The van der Waals surface area contributed by atoms with E-state index in [1.54, 1.807) is 0 Å². The highest BCUT2D eigenvalue weighted by Gasteiger charge is 2.02. The van der Waals surface area contributed by atoms with E-state index >= 15 is 0 Å². The van der Waals surface area contributed by atoms with E-state index in [-0.39, 0.29) is 25.4 Å². The summed E-state index contributed by atoms with van der Waals surface area (Å²) >= 11 is 0. The molecule has 0 saturated carbocycles. The Labute approximate surface area is 76.8 Å². The highest BCUT2D eigenvalue weighted by Crippen LogP contribution is 1.94. The van der Waals surface area contributed by atoms with Gasteiger partial charge in [0.15, 0.2) is 0 Å². The van der Waals surface area contributed by atoms with Gasteiger partial charge < -0.3 is 15.5 Å². The molecule has 0 aliphatic heterocycles. The molecular weight excluding hydrogens is 174 g/mol. The maximum absolute atomic E-state index is 10.9. The van der Waals surface area contributed by atoms with Crippen molar-refractivity contribution in [1.29, 1.82) is 0 Å². The monoisotopic (exact) mass is 189 g/mol. The minimum Gasteiger partial charge on any atom is -0.481 e. The SMILES string of the molecule is O=C(O)CCCC(=O)NCCCO. The lowest BCUT2D eigenvalue weighted by Gasteiger charge is -2.02. The summed E-state index contributed by atoms with van der Waals surface area (Å²) in [7, 11) is 0. The van der Waals surface area contributed by atoms with E-state index in [2.05, 4.69) is 5.32 Å². The van der Waals surface area contributed by atoms with Crippen LogP contribution >= 0.6 is 0 Å². The summed E-state index contributed by atoms with van der Waals surface area (Å²) < 4.78 is 0. The second-order valence-electron chi connectivity index (χ2n) is 2.67. The van der Waals surface area contributed by atoms with Gasteiger partial charge in [0.2, 0.25) is 5.91 Å². The molecule has 0 spiro atoms. The number of carboxylic acid groups (broad SMARTS) is 1. The molecule has 1 amide bonds. The van der Waals surface area contributed by atoms with Crippen LogP contribution in [0.5, 0.6) is 0 Å². The maximum Gasteiger partial charge on any atom is 0.303 e. The van der Waals surface area contributed by atoms with E-state index in [0.29, 0.717) is 19.4 Å². The zero-order valence-electron chi connectivity index (χ0n) is 7.45. The normalized spacial score (nSPS) is 9.62. The van der Waals surface area contributed by atoms with E-state index in [9.17, 15) is 9.59 Å². The third-order valence-corrected chi connectivity index (χ3v) is 1.45. The van der Waals surface area contributed by atoms with Crippen LogP contribution < -0.4 is 5.32 Å². The smallest absolute Gasteiger partial charge is 0.303 e. The summed E-state index contributed by atoms with van der Waals surface area (Å²) in [6, 6.07) is 0. The fourth-order valence-corrected chi connectivity index (χ4v) is 0.795. The van der Waals surface area contributed by atoms with Crippen LogP contribution in [0.3, 0.4) is 0 Å².